The topological polar surface area (TPSA) is 11.4 Å². The second-order valence-corrected chi connectivity index (χ2v) is 16.6. The minimum absolute atomic E-state index is 1.08. The van der Waals surface area contributed by atoms with Gasteiger partial charge in [0.2, 0.25) is 0 Å². The standard InChI is InChI=1S/C62H43N3/c1-6-19-44(20-7-1)46-24-18-31-52(39-46)64(50-27-12-4-13-28-50)60-41-48-23-16-17-32-55(48)59-42-53(34-38-58(59)60)63(49-25-10-3-11-26-49)54-35-37-57-56-36-33-47(45-21-8-2-9-22-45)40-61(56)65(62(57)43-54)51-29-14-5-15-30-51/h1-43H. The highest BCUT2D eigenvalue weighted by molar-refractivity contribution is 6.16. The fraction of sp³-hybridized carbons (Fsp3) is 0. The van der Waals surface area contributed by atoms with Crippen LogP contribution in [0.2, 0.25) is 0 Å². The quantitative estimate of drug-likeness (QED) is 0.134. The molecule has 0 N–H and O–H groups in total. The van der Waals surface area contributed by atoms with E-state index in [-0.39, 0.29) is 0 Å². The van der Waals surface area contributed by atoms with E-state index in [1.54, 1.807) is 0 Å². The Bertz CT molecular complexity index is 3640. The van der Waals surface area contributed by atoms with Crippen molar-refractivity contribution in [2.45, 2.75) is 0 Å². The monoisotopic (exact) mass is 829 g/mol. The Morgan fingerprint density at radius 2 is 0.723 bits per heavy atom. The lowest BCUT2D eigenvalue weighted by Crippen LogP contribution is -2.12. The van der Waals surface area contributed by atoms with Gasteiger partial charge in [0.25, 0.3) is 0 Å². The Kier molecular flexibility index (Phi) is 9.50. The number of hydrogen-bond acceptors (Lipinski definition) is 2. The summed E-state index contributed by atoms with van der Waals surface area (Å²) in [5.74, 6) is 0. The second kappa shape index (κ2) is 16.2. The molecule has 0 spiro atoms. The predicted octanol–water partition coefficient (Wildman–Crippen LogP) is 17.4. The number of benzene rings is 11. The summed E-state index contributed by atoms with van der Waals surface area (Å²) in [5, 5.41) is 7.19. The van der Waals surface area contributed by atoms with Crippen LogP contribution in [0.4, 0.5) is 34.1 Å². The van der Waals surface area contributed by atoms with E-state index in [0.29, 0.717) is 0 Å². The van der Waals surface area contributed by atoms with Crippen LogP contribution in [0, 0.1) is 0 Å². The molecule has 0 aliphatic heterocycles. The number of fused-ring (bicyclic) bond motifs is 6. The molecule has 0 aliphatic carbocycles. The number of para-hydroxylation sites is 3. The molecule has 3 nitrogen and oxygen atoms in total. The number of aromatic nitrogens is 1. The lowest BCUT2D eigenvalue weighted by atomic mass is 9.97. The SMILES string of the molecule is c1ccc(-c2cccc(N(c3ccccc3)c3cc4ccccc4c4cc(N(c5ccccc5)c5ccc6c7ccc(-c8ccccc8)cc7n(-c7ccccc7)c6c5)ccc34)c2)cc1. The van der Waals surface area contributed by atoms with Gasteiger partial charge < -0.3 is 14.4 Å². The zero-order valence-corrected chi connectivity index (χ0v) is 35.7. The molecule has 12 rings (SSSR count). The molecule has 1 aromatic heterocycles. The van der Waals surface area contributed by atoms with Crippen LogP contribution < -0.4 is 9.80 Å². The van der Waals surface area contributed by atoms with E-state index in [4.69, 9.17) is 0 Å². The maximum atomic E-state index is 2.43. The smallest absolute Gasteiger partial charge is 0.0561 e. The molecule has 0 saturated carbocycles. The molecular weight excluding hydrogens is 787 g/mol. The maximum absolute atomic E-state index is 2.43. The summed E-state index contributed by atoms with van der Waals surface area (Å²) in [6.45, 7) is 0. The third-order valence-electron chi connectivity index (χ3n) is 12.7. The van der Waals surface area contributed by atoms with Crippen LogP contribution in [0.1, 0.15) is 0 Å². The summed E-state index contributed by atoms with van der Waals surface area (Å²) >= 11 is 0. The van der Waals surface area contributed by atoms with Crippen molar-refractivity contribution in [3.63, 3.8) is 0 Å². The number of rotatable bonds is 9. The van der Waals surface area contributed by atoms with E-state index in [9.17, 15) is 0 Å². The molecule has 0 saturated heterocycles. The first-order chi connectivity index (χ1) is 32.2. The molecular formula is C62H43N3. The molecule has 12 aromatic rings. The Morgan fingerprint density at radius 3 is 1.40 bits per heavy atom. The van der Waals surface area contributed by atoms with Crippen LogP contribution in [-0.2, 0) is 0 Å². The summed E-state index contributed by atoms with van der Waals surface area (Å²) in [7, 11) is 0. The van der Waals surface area contributed by atoms with E-state index >= 15 is 0 Å². The van der Waals surface area contributed by atoms with Gasteiger partial charge >= 0.3 is 0 Å². The molecule has 1 heterocycles. The number of hydrogen-bond donors (Lipinski definition) is 0. The number of anilines is 6. The Balaban J connectivity index is 1.07. The highest BCUT2D eigenvalue weighted by Gasteiger charge is 2.22. The average Bonchev–Trinajstić information content (AvgIpc) is 3.71. The Hall–Kier alpha value is -8.66. The molecule has 0 aliphatic rings. The highest BCUT2D eigenvalue weighted by Crippen LogP contribution is 2.46. The molecule has 0 atom stereocenters. The van der Waals surface area contributed by atoms with Gasteiger partial charge in [-0.25, -0.2) is 0 Å². The van der Waals surface area contributed by atoms with Crippen LogP contribution in [0.15, 0.2) is 261 Å². The molecule has 0 amide bonds. The van der Waals surface area contributed by atoms with Gasteiger partial charge in [-0.1, -0.05) is 176 Å². The summed E-state index contributed by atoms with van der Waals surface area (Å²) < 4.78 is 2.43. The second-order valence-electron chi connectivity index (χ2n) is 16.6. The summed E-state index contributed by atoms with van der Waals surface area (Å²) in [5.41, 5.74) is 14.8. The third kappa shape index (κ3) is 6.87. The minimum atomic E-state index is 1.08. The predicted molar refractivity (Wildman–Crippen MR) is 276 cm³/mol. The normalized spacial score (nSPS) is 11.4. The van der Waals surface area contributed by atoms with Gasteiger partial charge in [-0.2, -0.15) is 0 Å². The zero-order chi connectivity index (χ0) is 43.1. The van der Waals surface area contributed by atoms with Gasteiger partial charge in [0.05, 0.1) is 16.7 Å². The molecule has 11 aromatic carbocycles. The molecule has 0 radical (unpaired) electrons. The summed E-state index contributed by atoms with van der Waals surface area (Å²) in [6.07, 6.45) is 0. The van der Waals surface area contributed by atoms with Crippen molar-refractivity contribution in [3.05, 3.63) is 261 Å². The Labute approximate surface area is 378 Å². The van der Waals surface area contributed by atoms with Gasteiger partial charge in [-0.05, 0) is 123 Å². The maximum Gasteiger partial charge on any atom is 0.0561 e. The number of nitrogens with zero attached hydrogens (tertiary/aromatic N) is 3. The van der Waals surface area contributed by atoms with E-state index in [1.807, 2.05) is 0 Å². The van der Waals surface area contributed by atoms with Gasteiger partial charge in [0.15, 0.2) is 0 Å². The van der Waals surface area contributed by atoms with Gasteiger partial charge in [0, 0.05) is 50.3 Å². The molecule has 65 heavy (non-hydrogen) atoms. The van der Waals surface area contributed by atoms with Crippen molar-refractivity contribution >= 4 is 77.5 Å². The van der Waals surface area contributed by atoms with Gasteiger partial charge in [-0.3, -0.25) is 0 Å². The Morgan fingerprint density at radius 1 is 0.246 bits per heavy atom. The molecule has 0 fully saturated rings. The van der Waals surface area contributed by atoms with Crippen molar-refractivity contribution in [2.24, 2.45) is 0 Å². The van der Waals surface area contributed by atoms with Crippen molar-refractivity contribution in [1.29, 1.82) is 0 Å². The van der Waals surface area contributed by atoms with E-state index in [0.717, 1.165) is 45.3 Å². The first-order valence-corrected chi connectivity index (χ1v) is 22.3. The minimum Gasteiger partial charge on any atom is -0.310 e. The zero-order valence-electron chi connectivity index (χ0n) is 35.7. The van der Waals surface area contributed by atoms with Crippen LogP contribution in [0.3, 0.4) is 0 Å². The van der Waals surface area contributed by atoms with Crippen LogP contribution in [-0.4, -0.2) is 4.57 Å². The molecule has 0 unspecified atom stereocenters. The average molecular weight is 830 g/mol. The lowest BCUT2D eigenvalue weighted by molar-refractivity contribution is 1.18. The molecule has 0 bridgehead atoms. The van der Waals surface area contributed by atoms with Crippen molar-refractivity contribution < 1.29 is 0 Å². The lowest BCUT2D eigenvalue weighted by Gasteiger charge is -2.29. The molecule has 3 heteroatoms. The van der Waals surface area contributed by atoms with Crippen LogP contribution in [0.5, 0.6) is 0 Å². The van der Waals surface area contributed by atoms with E-state index in [2.05, 4.69) is 275 Å². The highest BCUT2D eigenvalue weighted by atomic mass is 15.2. The molecule has 306 valence electrons. The first-order valence-electron chi connectivity index (χ1n) is 22.3. The van der Waals surface area contributed by atoms with Crippen molar-refractivity contribution in [1.82, 2.24) is 4.57 Å². The third-order valence-corrected chi connectivity index (χ3v) is 12.7. The fourth-order valence-electron chi connectivity index (χ4n) is 9.69. The van der Waals surface area contributed by atoms with Gasteiger partial charge in [0.1, 0.15) is 0 Å². The summed E-state index contributed by atoms with van der Waals surface area (Å²) in [6, 6.07) is 94.4. The first kappa shape index (κ1) is 38.0. The fourth-order valence-corrected chi connectivity index (χ4v) is 9.69. The summed E-state index contributed by atoms with van der Waals surface area (Å²) in [4.78, 5) is 4.82. The van der Waals surface area contributed by atoms with E-state index < -0.39 is 0 Å². The van der Waals surface area contributed by atoms with Crippen LogP contribution >= 0.6 is 0 Å². The largest absolute Gasteiger partial charge is 0.310 e. The van der Waals surface area contributed by atoms with Crippen molar-refractivity contribution in [2.75, 3.05) is 9.80 Å². The van der Waals surface area contributed by atoms with E-state index in [1.165, 1.54) is 60.1 Å². The van der Waals surface area contributed by atoms with Gasteiger partial charge in [-0.15, -0.1) is 0 Å². The van der Waals surface area contributed by atoms with Crippen LogP contribution in [0.25, 0.3) is 71.3 Å². The van der Waals surface area contributed by atoms with Crippen molar-refractivity contribution in [3.8, 4) is 27.9 Å².